The predicted molar refractivity (Wildman–Crippen MR) is 96.8 cm³/mol. The normalized spacial score (nSPS) is 22.0. The number of urea groups is 1. The summed E-state index contributed by atoms with van der Waals surface area (Å²) in [5, 5.41) is 19.6. The van der Waals surface area contributed by atoms with Crippen LogP contribution in [-0.2, 0) is 30.6 Å². The number of hydrogen-bond donors (Lipinski definition) is 2. The van der Waals surface area contributed by atoms with Gasteiger partial charge in [-0.25, -0.2) is 9.48 Å². The van der Waals surface area contributed by atoms with E-state index in [1.807, 2.05) is 6.07 Å². The highest BCUT2D eigenvalue weighted by Gasteiger charge is 2.39. The maximum absolute atomic E-state index is 12.7. The molecule has 2 atom stereocenters. The van der Waals surface area contributed by atoms with Crippen molar-refractivity contribution in [2.24, 2.45) is 5.92 Å². The molecule has 1 aromatic heterocycles. The Morgan fingerprint density at radius 3 is 2.85 bits per heavy atom. The van der Waals surface area contributed by atoms with Crippen LogP contribution in [0, 0.1) is 5.92 Å². The first-order valence-corrected chi connectivity index (χ1v) is 9.32. The van der Waals surface area contributed by atoms with E-state index in [4.69, 9.17) is 5.11 Å². The molecule has 0 saturated carbocycles. The van der Waals surface area contributed by atoms with E-state index in [0.29, 0.717) is 31.1 Å². The monoisotopic (exact) mass is 369 g/mol. The van der Waals surface area contributed by atoms with Crippen LogP contribution in [0.1, 0.15) is 23.2 Å². The van der Waals surface area contributed by atoms with Crippen LogP contribution in [0.25, 0.3) is 0 Å². The number of rotatable bonds is 6. The summed E-state index contributed by atoms with van der Waals surface area (Å²) in [7, 11) is 0. The first-order valence-electron chi connectivity index (χ1n) is 9.32. The molecule has 8 heteroatoms. The van der Waals surface area contributed by atoms with Crippen molar-refractivity contribution < 1.29 is 14.7 Å². The number of amides is 3. The van der Waals surface area contributed by atoms with E-state index in [1.54, 1.807) is 6.20 Å². The Labute approximate surface area is 157 Å². The van der Waals surface area contributed by atoms with Crippen molar-refractivity contribution >= 4 is 11.9 Å². The van der Waals surface area contributed by atoms with Crippen molar-refractivity contribution in [3.8, 4) is 0 Å². The molecule has 1 aromatic carbocycles. The number of nitrogens with zero attached hydrogens (tertiary/aromatic N) is 4. The van der Waals surface area contributed by atoms with Gasteiger partial charge in [0, 0.05) is 19.2 Å². The van der Waals surface area contributed by atoms with Gasteiger partial charge in [-0.15, -0.1) is 5.10 Å². The van der Waals surface area contributed by atoms with Crippen LogP contribution in [0.4, 0.5) is 4.79 Å². The molecule has 0 unspecified atom stereocenters. The molecule has 8 nitrogen and oxygen atoms in total. The van der Waals surface area contributed by atoms with Crippen molar-refractivity contribution in [1.29, 1.82) is 0 Å². The molecule has 0 radical (unpaired) electrons. The second-order valence-corrected chi connectivity index (χ2v) is 7.23. The fourth-order valence-corrected chi connectivity index (χ4v) is 3.93. The van der Waals surface area contributed by atoms with Crippen LogP contribution in [0.15, 0.2) is 30.5 Å². The third-order valence-electron chi connectivity index (χ3n) is 5.33. The van der Waals surface area contributed by atoms with Gasteiger partial charge in [0.15, 0.2) is 0 Å². The molecule has 1 aliphatic heterocycles. The number of carbonyl (C=O) groups is 2. The largest absolute Gasteiger partial charge is 0.394 e. The smallest absolute Gasteiger partial charge is 0.324 e. The average molecular weight is 369 g/mol. The quantitative estimate of drug-likeness (QED) is 0.724. The number of fused-ring (bicyclic) bond motifs is 1. The Bertz CT molecular complexity index is 849. The van der Waals surface area contributed by atoms with Crippen LogP contribution in [0.3, 0.4) is 0 Å². The Morgan fingerprint density at radius 2 is 2.04 bits per heavy atom. The number of aryl methyl sites for hydroxylation is 1. The maximum Gasteiger partial charge on any atom is 0.324 e. The van der Waals surface area contributed by atoms with Crippen LogP contribution in [0.5, 0.6) is 0 Å². The van der Waals surface area contributed by atoms with Gasteiger partial charge < -0.3 is 10.4 Å². The Morgan fingerprint density at radius 1 is 1.22 bits per heavy atom. The van der Waals surface area contributed by atoms with Crippen LogP contribution < -0.4 is 5.32 Å². The molecule has 1 saturated heterocycles. The molecule has 0 spiro atoms. The number of benzene rings is 1. The lowest BCUT2D eigenvalue weighted by atomic mass is 9.83. The summed E-state index contributed by atoms with van der Waals surface area (Å²) in [6.45, 7) is 0.778. The van der Waals surface area contributed by atoms with Gasteiger partial charge in [0.05, 0.1) is 18.8 Å². The Hall–Kier alpha value is -2.74. The van der Waals surface area contributed by atoms with Crippen molar-refractivity contribution in [2.75, 3.05) is 13.2 Å². The minimum atomic E-state index is -0.604. The van der Waals surface area contributed by atoms with E-state index in [-0.39, 0.29) is 18.5 Å². The summed E-state index contributed by atoms with van der Waals surface area (Å²) in [5.74, 6) is 0.0920. The van der Waals surface area contributed by atoms with E-state index in [1.165, 1.54) is 20.7 Å². The zero-order valence-electron chi connectivity index (χ0n) is 15.0. The fourth-order valence-electron chi connectivity index (χ4n) is 3.93. The summed E-state index contributed by atoms with van der Waals surface area (Å²) in [4.78, 5) is 26.4. The minimum Gasteiger partial charge on any atom is -0.394 e. The molecule has 2 heterocycles. The lowest BCUT2D eigenvalue weighted by molar-refractivity contribution is -0.127. The molecular weight excluding hydrogens is 346 g/mol. The lowest BCUT2D eigenvalue weighted by Gasteiger charge is -2.27. The molecule has 2 aromatic rings. The average Bonchev–Trinajstić information content (AvgIpc) is 3.22. The first-order chi connectivity index (χ1) is 13.1. The van der Waals surface area contributed by atoms with Crippen LogP contribution in [0.2, 0.25) is 0 Å². The van der Waals surface area contributed by atoms with Gasteiger partial charge in [0.2, 0.25) is 0 Å². The van der Waals surface area contributed by atoms with Gasteiger partial charge in [-0.05, 0) is 36.3 Å². The highest BCUT2D eigenvalue weighted by Crippen LogP contribution is 2.27. The van der Waals surface area contributed by atoms with E-state index in [0.717, 1.165) is 19.3 Å². The molecular formula is C19H23N5O3. The molecule has 142 valence electrons. The summed E-state index contributed by atoms with van der Waals surface area (Å²) in [5.41, 5.74) is 3.31. The number of nitrogens with one attached hydrogen (secondary N) is 1. The molecule has 2 aliphatic rings. The first kappa shape index (κ1) is 17.7. The van der Waals surface area contributed by atoms with Crippen molar-refractivity contribution in [1.82, 2.24) is 25.2 Å². The molecule has 4 rings (SSSR count). The molecule has 2 N–H and O–H groups in total. The molecule has 1 fully saturated rings. The third-order valence-corrected chi connectivity index (χ3v) is 5.33. The maximum atomic E-state index is 12.7. The van der Waals surface area contributed by atoms with E-state index in [2.05, 4.69) is 33.8 Å². The van der Waals surface area contributed by atoms with Crippen LogP contribution >= 0.6 is 0 Å². The zero-order valence-corrected chi connectivity index (χ0v) is 15.0. The predicted octanol–water partition coefficient (Wildman–Crippen LogP) is 0.538. The van der Waals surface area contributed by atoms with Crippen LogP contribution in [-0.4, -0.2) is 56.1 Å². The molecule has 3 amide bonds. The summed E-state index contributed by atoms with van der Waals surface area (Å²) in [6.07, 6.45) is 4.86. The number of aliphatic hydroxyl groups excluding tert-OH is 1. The highest BCUT2D eigenvalue weighted by atomic mass is 16.3. The van der Waals surface area contributed by atoms with Crippen molar-refractivity contribution in [2.45, 2.75) is 38.3 Å². The van der Waals surface area contributed by atoms with Gasteiger partial charge in [-0.3, -0.25) is 9.69 Å². The summed E-state index contributed by atoms with van der Waals surface area (Å²) >= 11 is 0. The molecule has 27 heavy (non-hydrogen) atoms. The minimum absolute atomic E-state index is 0.0276. The lowest BCUT2D eigenvalue weighted by Crippen LogP contribution is -2.37. The Balaban J connectivity index is 1.38. The SMILES string of the molecule is O=C1N[C@@H](Cc2cn(CCO)nn2)C(=O)N1C[C@@H]1CCc2ccccc2C1. The van der Waals surface area contributed by atoms with E-state index < -0.39 is 6.04 Å². The Kier molecular flexibility index (Phi) is 4.89. The number of aromatic nitrogens is 3. The zero-order chi connectivity index (χ0) is 18.8. The molecule has 1 aliphatic carbocycles. The van der Waals surface area contributed by atoms with E-state index >= 15 is 0 Å². The number of hydrogen-bond acceptors (Lipinski definition) is 5. The van der Waals surface area contributed by atoms with E-state index in [9.17, 15) is 9.59 Å². The second-order valence-electron chi connectivity index (χ2n) is 7.23. The summed E-state index contributed by atoms with van der Waals surface area (Å²) < 4.78 is 1.52. The van der Waals surface area contributed by atoms with Crippen molar-refractivity contribution in [3.05, 3.63) is 47.3 Å². The third kappa shape index (κ3) is 3.71. The second kappa shape index (κ2) is 7.48. The number of carbonyl (C=O) groups excluding carboxylic acids is 2. The highest BCUT2D eigenvalue weighted by molar-refractivity contribution is 6.04. The van der Waals surface area contributed by atoms with Gasteiger partial charge in [-0.1, -0.05) is 29.5 Å². The van der Waals surface area contributed by atoms with Gasteiger partial charge in [0.25, 0.3) is 5.91 Å². The molecule has 0 bridgehead atoms. The van der Waals surface area contributed by atoms with Gasteiger partial charge in [0.1, 0.15) is 6.04 Å². The fraction of sp³-hybridized carbons (Fsp3) is 0.474. The number of imide groups is 1. The summed E-state index contributed by atoms with van der Waals surface area (Å²) in [6, 6.07) is 7.44. The standard InChI is InChI=1S/C19H23N5O3/c25-8-7-23-12-16(21-22-23)10-17-18(26)24(19(27)20-17)11-13-5-6-14-3-1-2-4-15(14)9-13/h1-4,12-13,17,25H,5-11H2,(H,20,27)/t13-,17+/m1/s1. The van der Waals surface area contributed by atoms with Crippen molar-refractivity contribution in [3.63, 3.8) is 0 Å². The van der Waals surface area contributed by atoms with Gasteiger partial charge >= 0.3 is 6.03 Å². The number of aliphatic hydroxyl groups is 1. The van der Waals surface area contributed by atoms with Gasteiger partial charge in [-0.2, -0.15) is 0 Å². The topological polar surface area (TPSA) is 100 Å².